The summed E-state index contributed by atoms with van der Waals surface area (Å²) in [6, 6.07) is 0. The van der Waals surface area contributed by atoms with Gasteiger partial charge in [0.05, 0.1) is 0 Å². The van der Waals surface area contributed by atoms with E-state index in [-0.39, 0.29) is 0 Å². The maximum absolute atomic E-state index is 12.4. The smallest absolute Gasteiger partial charge is 0.225 e. The second-order valence-electron chi connectivity index (χ2n) is 5.32. The molecule has 0 unspecified atom stereocenters. The van der Waals surface area contributed by atoms with E-state index < -0.39 is 0 Å². The first-order chi connectivity index (χ1) is 8.19. The number of unbranched alkanes of at least 4 members (excludes halogenated alkanes) is 1. The van der Waals surface area contributed by atoms with Crippen LogP contribution in [0, 0.1) is 11.8 Å². The van der Waals surface area contributed by atoms with Crippen LogP contribution in [0.15, 0.2) is 0 Å². The monoisotopic (exact) mass is 303 g/mol. The van der Waals surface area contributed by atoms with E-state index >= 15 is 0 Å². The SMILES string of the molecule is CCCCN(CCBr)C(=O)C1CCC(C)CC1. The maximum atomic E-state index is 12.4. The van der Waals surface area contributed by atoms with Crippen molar-refractivity contribution in [3.8, 4) is 0 Å². The number of nitrogens with zero attached hydrogens (tertiary/aromatic N) is 1. The van der Waals surface area contributed by atoms with Crippen LogP contribution in [-0.2, 0) is 4.79 Å². The Morgan fingerprint density at radius 1 is 1.24 bits per heavy atom. The van der Waals surface area contributed by atoms with Crippen LogP contribution in [0.25, 0.3) is 0 Å². The highest BCUT2D eigenvalue weighted by Crippen LogP contribution is 2.29. The van der Waals surface area contributed by atoms with Gasteiger partial charge in [-0.3, -0.25) is 4.79 Å². The lowest BCUT2D eigenvalue weighted by atomic mass is 9.82. The van der Waals surface area contributed by atoms with Crippen LogP contribution in [0.1, 0.15) is 52.4 Å². The summed E-state index contributed by atoms with van der Waals surface area (Å²) in [6.45, 7) is 6.28. The predicted octanol–water partition coefficient (Wildman–Crippen LogP) is 3.84. The number of carbonyl (C=O) groups is 1. The van der Waals surface area contributed by atoms with E-state index in [4.69, 9.17) is 0 Å². The molecular weight excluding hydrogens is 278 g/mol. The summed E-state index contributed by atoms with van der Waals surface area (Å²) in [5.41, 5.74) is 0. The van der Waals surface area contributed by atoms with Gasteiger partial charge in [0.15, 0.2) is 0 Å². The predicted molar refractivity (Wildman–Crippen MR) is 76.4 cm³/mol. The van der Waals surface area contributed by atoms with Gasteiger partial charge in [-0.25, -0.2) is 0 Å². The quantitative estimate of drug-likeness (QED) is 0.683. The Labute approximate surface area is 114 Å². The molecule has 0 bridgehead atoms. The van der Waals surface area contributed by atoms with E-state index in [1.165, 1.54) is 12.8 Å². The zero-order valence-electron chi connectivity index (χ0n) is 11.3. The Morgan fingerprint density at radius 2 is 1.88 bits per heavy atom. The highest BCUT2D eigenvalue weighted by Gasteiger charge is 2.27. The van der Waals surface area contributed by atoms with Crippen molar-refractivity contribution in [2.24, 2.45) is 11.8 Å². The van der Waals surface area contributed by atoms with E-state index in [0.29, 0.717) is 11.8 Å². The first kappa shape index (κ1) is 15.0. The van der Waals surface area contributed by atoms with E-state index in [0.717, 1.165) is 50.0 Å². The number of rotatable bonds is 6. The number of alkyl halides is 1. The Hall–Kier alpha value is -0.0500. The second kappa shape index (κ2) is 8.12. The Morgan fingerprint density at radius 3 is 2.41 bits per heavy atom. The third kappa shape index (κ3) is 4.99. The lowest BCUT2D eigenvalue weighted by Gasteiger charge is -2.31. The van der Waals surface area contributed by atoms with Gasteiger partial charge >= 0.3 is 0 Å². The molecule has 0 radical (unpaired) electrons. The molecule has 0 saturated heterocycles. The summed E-state index contributed by atoms with van der Waals surface area (Å²) in [5.74, 6) is 1.53. The van der Waals surface area contributed by atoms with Gasteiger partial charge in [0.2, 0.25) is 5.91 Å². The molecule has 0 aromatic heterocycles. The molecule has 1 aliphatic rings. The Balaban J connectivity index is 2.45. The summed E-state index contributed by atoms with van der Waals surface area (Å²) >= 11 is 3.45. The largest absolute Gasteiger partial charge is 0.342 e. The standard InChI is InChI=1S/C14H26BrNO/c1-3-4-10-16(11-9-15)14(17)13-7-5-12(2)6-8-13/h12-13H,3-11H2,1-2H3. The minimum atomic E-state index is 0.308. The van der Waals surface area contributed by atoms with Gasteiger partial charge in [0.25, 0.3) is 0 Å². The van der Waals surface area contributed by atoms with Crippen molar-refractivity contribution in [2.75, 3.05) is 18.4 Å². The molecule has 1 amide bonds. The first-order valence-electron chi connectivity index (χ1n) is 7.03. The number of hydrogen-bond donors (Lipinski definition) is 0. The van der Waals surface area contributed by atoms with Crippen LogP contribution in [-0.4, -0.2) is 29.2 Å². The van der Waals surface area contributed by atoms with Crippen molar-refractivity contribution in [3.63, 3.8) is 0 Å². The fourth-order valence-electron chi connectivity index (χ4n) is 2.55. The molecule has 0 spiro atoms. The summed E-state index contributed by atoms with van der Waals surface area (Å²) < 4.78 is 0. The van der Waals surface area contributed by atoms with E-state index in [9.17, 15) is 4.79 Å². The van der Waals surface area contributed by atoms with Gasteiger partial charge in [-0.1, -0.05) is 36.2 Å². The number of hydrogen-bond acceptors (Lipinski definition) is 1. The van der Waals surface area contributed by atoms with Crippen LogP contribution in [0.4, 0.5) is 0 Å². The molecule has 1 aliphatic carbocycles. The van der Waals surface area contributed by atoms with Crippen molar-refractivity contribution in [2.45, 2.75) is 52.4 Å². The minimum absolute atomic E-state index is 0.308. The van der Waals surface area contributed by atoms with E-state index in [2.05, 4.69) is 34.7 Å². The summed E-state index contributed by atoms with van der Waals surface area (Å²) in [7, 11) is 0. The van der Waals surface area contributed by atoms with E-state index in [1.54, 1.807) is 0 Å². The average Bonchev–Trinajstić information content (AvgIpc) is 2.34. The van der Waals surface area contributed by atoms with Crippen molar-refractivity contribution in [1.82, 2.24) is 4.90 Å². The minimum Gasteiger partial charge on any atom is -0.342 e. The molecule has 1 fully saturated rings. The molecule has 3 heteroatoms. The fourth-order valence-corrected chi connectivity index (χ4v) is 2.98. The van der Waals surface area contributed by atoms with Gasteiger partial charge in [-0.05, 0) is 38.0 Å². The second-order valence-corrected chi connectivity index (χ2v) is 6.12. The molecule has 1 saturated carbocycles. The normalized spacial score (nSPS) is 24.6. The molecule has 0 aliphatic heterocycles. The third-order valence-electron chi connectivity index (χ3n) is 3.81. The van der Waals surface area contributed by atoms with Crippen LogP contribution in [0.3, 0.4) is 0 Å². The van der Waals surface area contributed by atoms with Crippen LogP contribution in [0.2, 0.25) is 0 Å². The zero-order chi connectivity index (χ0) is 12.7. The first-order valence-corrected chi connectivity index (χ1v) is 8.16. The molecule has 2 nitrogen and oxygen atoms in total. The van der Waals surface area contributed by atoms with Gasteiger partial charge < -0.3 is 4.90 Å². The molecule has 17 heavy (non-hydrogen) atoms. The molecule has 0 atom stereocenters. The lowest BCUT2D eigenvalue weighted by molar-refractivity contribution is -0.136. The van der Waals surface area contributed by atoms with Crippen molar-refractivity contribution < 1.29 is 4.79 Å². The molecule has 100 valence electrons. The molecule has 0 N–H and O–H groups in total. The van der Waals surface area contributed by atoms with Gasteiger partial charge in [-0.15, -0.1) is 0 Å². The topological polar surface area (TPSA) is 20.3 Å². The number of halogens is 1. The molecule has 1 rings (SSSR count). The van der Waals surface area contributed by atoms with Crippen molar-refractivity contribution >= 4 is 21.8 Å². The van der Waals surface area contributed by atoms with Crippen LogP contribution < -0.4 is 0 Å². The van der Waals surface area contributed by atoms with Crippen LogP contribution in [0.5, 0.6) is 0 Å². The number of carbonyl (C=O) groups excluding carboxylic acids is 1. The summed E-state index contributed by atoms with van der Waals surface area (Å²) in [5, 5.41) is 0.894. The van der Waals surface area contributed by atoms with Crippen molar-refractivity contribution in [3.05, 3.63) is 0 Å². The van der Waals surface area contributed by atoms with Crippen molar-refractivity contribution in [1.29, 1.82) is 0 Å². The molecule has 0 heterocycles. The molecule has 0 aromatic rings. The third-order valence-corrected chi connectivity index (χ3v) is 4.17. The average molecular weight is 304 g/mol. The van der Waals surface area contributed by atoms with Gasteiger partial charge in [0, 0.05) is 24.3 Å². The highest BCUT2D eigenvalue weighted by molar-refractivity contribution is 9.09. The van der Waals surface area contributed by atoms with Crippen LogP contribution >= 0.6 is 15.9 Å². The maximum Gasteiger partial charge on any atom is 0.225 e. The Bertz CT molecular complexity index is 224. The molecule has 0 aromatic carbocycles. The fraction of sp³-hybridized carbons (Fsp3) is 0.929. The summed E-state index contributed by atoms with van der Waals surface area (Å²) in [4.78, 5) is 14.5. The van der Waals surface area contributed by atoms with Gasteiger partial charge in [-0.2, -0.15) is 0 Å². The highest BCUT2D eigenvalue weighted by atomic mass is 79.9. The molecular formula is C14H26BrNO. The zero-order valence-corrected chi connectivity index (χ0v) is 12.8. The Kier molecular flexibility index (Phi) is 7.17. The lowest BCUT2D eigenvalue weighted by Crippen LogP contribution is -2.39. The number of amides is 1. The van der Waals surface area contributed by atoms with E-state index in [1.807, 2.05) is 0 Å². The van der Waals surface area contributed by atoms with Gasteiger partial charge in [0.1, 0.15) is 0 Å². The summed E-state index contributed by atoms with van der Waals surface area (Å²) in [6.07, 6.45) is 6.95.